The van der Waals surface area contributed by atoms with Gasteiger partial charge in [-0.05, 0) is 60.2 Å². The summed E-state index contributed by atoms with van der Waals surface area (Å²) in [6, 6.07) is 40.2. The van der Waals surface area contributed by atoms with Crippen molar-refractivity contribution in [2.45, 2.75) is 0 Å². The monoisotopic (exact) mass is 492 g/mol. The quantitative estimate of drug-likeness (QED) is 0.226. The maximum absolute atomic E-state index is 4.75. The summed E-state index contributed by atoms with van der Waals surface area (Å²) in [5.41, 5.74) is 3.90. The van der Waals surface area contributed by atoms with Crippen LogP contribution in [0.3, 0.4) is 0 Å². The van der Waals surface area contributed by atoms with Gasteiger partial charge in [0.1, 0.15) is 23.3 Å². The number of nitrogens with zero attached hydrogens (tertiary/aromatic N) is 6. The van der Waals surface area contributed by atoms with Crippen LogP contribution in [-0.4, -0.2) is 19.9 Å². The predicted molar refractivity (Wildman–Crippen MR) is 152 cm³/mol. The molecule has 0 atom stereocenters. The Balaban J connectivity index is 1.70. The molecule has 0 spiro atoms. The first-order valence-corrected chi connectivity index (χ1v) is 12.3. The topological polar surface area (TPSA) is 58.0 Å². The Morgan fingerprint density at radius 3 is 1.26 bits per heavy atom. The lowest BCUT2D eigenvalue weighted by Crippen LogP contribution is -2.20. The molecule has 0 radical (unpaired) electrons. The van der Waals surface area contributed by atoms with Gasteiger partial charge in [-0.1, -0.05) is 66.7 Å². The number of aromatic nitrogens is 4. The van der Waals surface area contributed by atoms with Crippen molar-refractivity contribution in [3.63, 3.8) is 0 Å². The molecular weight excluding hydrogens is 468 g/mol. The standard InChI is InChI=1S/C32H24N6/c1-2-13-25(14-3-1)26-15-12-16-27(37(28-17-4-8-21-33-28)29-18-5-9-22-34-29)32(26)38(30-19-6-10-23-35-30)31-20-7-11-24-36-31/h1-24H. The van der Waals surface area contributed by atoms with E-state index in [1.54, 1.807) is 24.8 Å². The molecule has 0 amide bonds. The van der Waals surface area contributed by atoms with E-state index >= 15 is 0 Å². The van der Waals surface area contributed by atoms with Gasteiger partial charge in [0.05, 0.1) is 11.4 Å². The van der Waals surface area contributed by atoms with Crippen LogP contribution < -0.4 is 9.80 Å². The van der Waals surface area contributed by atoms with Crippen molar-refractivity contribution >= 4 is 34.6 Å². The summed E-state index contributed by atoms with van der Waals surface area (Å²) in [4.78, 5) is 23.1. The maximum Gasteiger partial charge on any atom is 0.138 e. The van der Waals surface area contributed by atoms with Crippen molar-refractivity contribution in [2.75, 3.05) is 9.80 Å². The van der Waals surface area contributed by atoms with Crippen molar-refractivity contribution < 1.29 is 0 Å². The second-order valence-corrected chi connectivity index (χ2v) is 8.46. The molecular formula is C32H24N6. The van der Waals surface area contributed by atoms with Gasteiger partial charge in [-0.15, -0.1) is 0 Å². The minimum absolute atomic E-state index is 0.748. The molecule has 0 aliphatic carbocycles. The number of pyridine rings is 4. The van der Waals surface area contributed by atoms with Crippen LogP contribution in [0.1, 0.15) is 0 Å². The Kier molecular flexibility index (Phi) is 6.51. The zero-order chi connectivity index (χ0) is 25.6. The average molecular weight is 493 g/mol. The Morgan fingerprint density at radius 2 is 0.816 bits per heavy atom. The minimum Gasteiger partial charge on any atom is -0.277 e. The highest BCUT2D eigenvalue weighted by atomic mass is 15.3. The summed E-state index contributed by atoms with van der Waals surface area (Å²) >= 11 is 0. The maximum atomic E-state index is 4.75. The molecule has 0 saturated carbocycles. The van der Waals surface area contributed by atoms with E-state index in [0.29, 0.717) is 0 Å². The molecule has 4 aromatic heterocycles. The van der Waals surface area contributed by atoms with Crippen LogP contribution in [0.4, 0.5) is 34.6 Å². The number of anilines is 6. The second kappa shape index (κ2) is 10.7. The fourth-order valence-electron chi connectivity index (χ4n) is 4.45. The molecule has 0 aliphatic rings. The smallest absolute Gasteiger partial charge is 0.138 e. The molecule has 0 aliphatic heterocycles. The minimum atomic E-state index is 0.748. The SMILES string of the molecule is c1ccc(-c2cccc(N(c3ccccn3)c3ccccn3)c2N(c2ccccn2)c2ccccn2)cc1. The van der Waals surface area contributed by atoms with Crippen LogP contribution in [0.2, 0.25) is 0 Å². The van der Waals surface area contributed by atoms with E-state index < -0.39 is 0 Å². The Bertz CT molecular complexity index is 1520. The van der Waals surface area contributed by atoms with E-state index in [-0.39, 0.29) is 0 Å². The first kappa shape index (κ1) is 23.1. The van der Waals surface area contributed by atoms with E-state index in [9.17, 15) is 0 Å². The Hall–Kier alpha value is -5.36. The van der Waals surface area contributed by atoms with Crippen LogP contribution in [-0.2, 0) is 0 Å². The molecule has 0 saturated heterocycles. The lowest BCUT2D eigenvalue weighted by molar-refractivity contribution is 1.09. The average Bonchev–Trinajstić information content (AvgIpc) is 3.01. The molecule has 0 bridgehead atoms. The fourth-order valence-corrected chi connectivity index (χ4v) is 4.45. The molecule has 6 rings (SSSR count). The number of rotatable bonds is 7. The van der Waals surface area contributed by atoms with Crippen molar-refractivity contribution in [1.82, 2.24) is 19.9 Å². The molecule has 6 nitrogen and oxygen atoms in total. The number of hydrogen-bond donors (Lipinski definition) is 0. The second-order valence-electron chi connectivity index (χ2n) is 8.46. The van der Waals surface area contributed by atoms with Crippen molar-refractivity contribution in [2.24, 2.45) is 0 Å². The summed E-state index contributed by atoms with van der Waals surface area (Å²) in [6.07, 6.45) is 7.18. The molecule has 6 aromatic rings. The summed E-state index contributed by atoms with van der Waals surface area (Å²) in [6.45, 7) is 0. The van der Waals surface area contributed by atoms with Gasteiger partial charge in [0.2, 0.25) is 0 Å². The zero-order valence-corrected chi connectivity index (χ0v) is 20.5. The molecule has 38 heavy (non-hydrogen) atoms. The largest absolute Gasteiger partial charge is 0.277 e. The van der Waals surface area contributed by atoms with Gasteiger partial charge in [0, 0.05) is 30.4 Å². The van der Waals surface area contributed by atoms with Gasteiger partial charge in [-0.2, -0.15) is 0 Å². The number of benzene rings is 2. The summed E-state index contributed by atoms with van der Waals surface area (Å²) in [5, 5.41) is 0. The third-order valence-corrected chi connectivity index (χ3v) is 6.08. The number of hydrogen-bond acceptors (Lipinski definition) is 6. The van der Waals surface area contributed by atoms with E-state index in [1.807, 2.05) is 91.0 Å². The highest BCUT2D eigenvalue weighted by Gasteiger charge is 2.27. The van der Waals surface area contributed by atoms with Gasteiger partial charge in [0.25, 0.3) is 0 Å². The summed E-state index contributed by atoms with van der Waals surface area (Å²) in [5.74, 6) is 3.00. The lowest BCUT2D eigenvalue weighted by atomic mass is 10.0. The molecule has 2 aromatic carbocycles. The van der Waals surface area contributed by atoms with E-state index in [0.717, 1.165) is 45.8 Å². The Morgan fingerprint density at radius 1 is 0.368 bits per heavy atom. The van der Waals surface area contributed by atoms with Crippen molar-refractivity contribution in [3.05, 3.63) is 146 Å². The van der Waals surface area contributed by atoms with Crippen LogP contribution in [0, 0.1) is 0 Å². The van der Waals surface area contributed by atoms with Gasteiger partial charge < -0.3 is 0 Å². The summed E-state index contributed by atoms with van der Waals surface area (Å²) < 4.78 is 0. The Labute approximate surface area is 221 Å². The van der Waals surface area contributed by atoms with E-state index in [2.05, 4.69) is 40.1 Å². The highest BCUT2D eigenvalue weighted by Crippen LogP contribution is 2.48. The van der Waals surface area contributed by atoms with Crippen molar-refractivity contribution in [1.29, 1.82) is 0 Å². The van der Waals surface area contributed by atoms with Gasteiger partial charge in [-0.3, -0.25) is 9.80 Å². The van der Waals surface area contributed by atoms with E-state index in [1.165, 1.54) is 0 Å². The van der Waals surface area contributed by atoms with Crippen molar-refractivity contribution in [3.8, 4) is 11.1 Å². The van der Waals surface area contributed by atoms with Gasteiger partial charge in [0.15, 0.2) is 0 Å². The fraction of sp³-hybridized carbons (Fsp3) is 0. The molecule has 0 fully saturated rings. The third kappa shape index (κ3) is 4.58. The first-order chi connectivity index (χ1) is 18.9. The molecule has 4 heterocycles. The predicted octanol–water partition coefficient (Wildman–Crippen LogP) is 7.87. The van der Waals surface area contributed by atoms with Gasteiger partial charge >= 0.3 is 0 Å². The zero-order valence-electron chi connectivity index (χ0n) is 20.5. The van der Waals surface area contributed by atoms with Gasteiger partial charge in [-0.25, -0.2) is 19.9 Å². The first-order valence-electron chi connectivity index (χ1n) is 12.3. The van der Waals surface area contributed by atoms with Crippen LogP contribution in [0.25, 0.3) is 11.1 Å². The molecule has 182 valence electrons. The van der Waals surface area contributed by atoms with Crippen LogP contribution in [0.15, 0.2) is 146 Å². The highest BCUT2D eigenvalue weighted by molar-refractivity contribution is 5.97. The lowest BCUT2D eigenvalue weighted by Gasteiger charge is -2.32. The van der Waals surface area contributed by atoms with E-state index in [4.69, 9.17) is 19.9 Å². The number of para-hydroxylation sites is 1. The molecule has 0 N–H and O–H groups in total. The molecule has 0 unspecified atom stereocenters. The van der Waals surface area contributed by atoms with Crippen LogP contribution >= 0.6 is 0 Å². The van der Waals surface area contributed by atoms with Crippen LogP contribution in [0.5, 0.6) is 0 Å². The third-order valence-electron chi connectivity index (χ3n) is 6.08. The molecule has 6 heteroatoms. The normalized spacial score (nSPS) is 10.6. The summed E-state index contributed by atoms with van der Waals surface area (Å²) in [7, 11) is 0.